The number of hydrogen-bond donors (Lipinski definition) is 2. The molecule has 0 aliphatic heterocycles. The highest BCUT2D eigenvalue weighted by Gasteiger charge is 2.46. The number of benzene rings is 2. The van der Waals surface area contributed by atoms with Crippen molar-refractivity contribution >= 4 is 22.7 Å². The third kappa shape index (κ3) is 6.86. The summed E-state index contributed by atoms with van der Waals surface area (Å²) >= 11 is 0. The van der Waals surface area contributed by atoms with E-state index in [2.05, 4.69) is 19.9 Å². The summed E-state index contributed by atoms with van der Waals surface area (Å²) in [6.45, 7) is 5.77. The first-order valence-corrected chi connectivity index (χ1v) is 16.9. The number of Topliss-reactive ketones (excluding diaryl/α,β-unsaturated/α-hetero) is 1. The van der Waals surface area contributed by atoms with Crippen molar-refractivity contribution in [3.05, 3.63) is 107 Å². The molecule has 1 unspecified atom stereocenters. The minimum atomic E-state index is -4.48. The predicted octanol–water partition coefficient (Wildman–Crippen LogP) is 9.13. The molecule has 0 spiro atoms. The highest BCUT2D eigenvalue weighted by molar-refractivity contribution is 6.11. The maximum Gasteiger partial charge on any atom is 0.417 e. The van der Waals surface area contributed by atoms with Gasteiger partial charge in [-0.25, -0.2) is 0 Å². The van der Waals surface area contributed by atoms with Gasteiger partial charge in [-0.15, -0.1) is 0 Å². The summed E-state index contributed by atoms with van der Waals surface area (Å²) < 4.78 is 45.3. The molecule has 6 rings (SSSR count). The lowest BCUT2D eigenvalue weighted by atomic mass is 9.66. The van der Waals surface area contributed by atoms with Crippen LogP contribution in [0.5, 0.6) is 5.75 Å². The van der Waals surface area contributed by atoms with Crippen LogP contribution in [0.25, 0.3) is 22.2 Å². The van der Waals surface area contributed by atoms with E-state index in [0.29, 0.717) is 64.1 Å². The molecule has 1 saturated carbocycles. The zero-order valence-electron chi connectivity index (χ0n) is 28.2. The quantitative estimate of drug-likeness (QED) is 0.119. The summed E-state index contributed by atoms with van der Waals surface area (Å²) in [4.78, 5) is 43.6. The number of aromatic amines is 1. The number of carbonyl (C=O) groups excluding carboxylic acids is 1. The Morgan fingerprint density at radius 3 is 2.26 bits per heavy atom. The smallest absolute Gasteiger partial charge is 0.417 e. The van der Waals surface area contributed by atoms with Gasteiger partial charge in [0.15, 0.2) is 5.78 Å². The molecule has 11 heteroatoms. The van der Waals surface area contributed by atoms with Gasteiger partial charge in [-0.1, -0.05) is 44.5 Å². The topological polar surface area (TPSA) is 118 Å². The minimum Gasteiger partial charge on any atom is -0.487 e. The van der Waals surface area contributed by atoms with Crippen molar-refractivity contribution in [2.24, 2.45) is 11.3 Å². The molecule has 260 valence electrons. The molecule has 1 aliphatic carbocycles. The summed E-state index contributed by atoms with van der Waals surface area (Å²) in [6, 6.07) is 15.1. The number of rotatable bonds is 13. The van der Waals surface area contributed by atoms with Crippen LogP contribution < -0.4 is 4.74 Å². The number of aryl methyl sites for hydroxylation is 1. The van der Waals surface area contributed by atoms with E-state index in [1.165, 1.54) is 6.07 Å². The average Bonchev–Trinajstić information content (AvgIpc) is 3.46. The van der Waals surface area contributed by atoms with Gasteiger partial charge < -0.3 is 14.8 Å². The van der Waals surface area contributed by atoms with E-state index in [4.69, 9.17) is 4.74 Å². The number of alkyl halides is 3. The summed E-state index contributed by atoms with van der Waals surface area (Å²) in [6.07, 6.45) is 3.15. The number of fused-ring (bicyclic) bond motifs is 1. The van der Waals surface area contributed by atoms with Crippen molar-refractivity contribution in [2.45, 2.75) is 78.0 Å². The second-order valence-corrected chi connectivity index (χ2v) is 13.1. The molecule has 2 N–H and O–H groups in total. The Morgan fingerprint density at radius 1 is 0.960 bits per heavy atom. The molecule has 3 aromatic heterocycles. The molecule has 1 fully saturated rings. The van der Waals surface area contributed by atoms with E-state index in [9.17, 15) is 27.9 Å². The highest BCUT2D eigenvalue weighted by Crippen LogP contribution is 2.48. The van der Waals surface area contributed by atoms with Gasteiger partial charge in [0.2, 0.25) is 0 Å². The molecular formula is C39H39F3N4O4. The van der Waals surface area contributed by atoms with Gasteiger partial charge in [-0.05, 0) is 74.9 Å². The summed E-state index contributed by atoms with van der Waals surface area (Å²) in [5.41, 5.74) is 3.09. The van der Waals surface area contributed by atoms with Crippen LogP contribution in [0.4, 0.5) is 13.2 Å². The van der Waals surface area contributed by atoms with Crippen LogP contribution >= 0.6 is 0 Å². The first-order valence-electron chi connectivity index (χ1n) is 16.9. The maximum atomic E-state index is 14.3. The number of carboxylic acids is 1. The van der Waals surface area contributed by atoms with Gasteiger partial charge in [0.25, 0.3) is 0 Å². The Hall–Kier alpha value is -5.06. The predicted molar refractivity (Wildman–Crippen MR) is 183 cm³/mol. The van der Waals surface area contributed by atoms with E-state index in [1.54, 1.807) is 24.5 Å². The first-order chi connectivity index (χ1) is 23.9. The van der Waals surface area contributed by atoms with Gasteiger partial charge in [0, 0.05) is 52.0 Å². The molecule has 0 amide bonds. The van der Waals surface area contributed by atoms with Gasteiger partial charge in [-0.2, -0.15) is 13.2 Å². The number of aliphatic carboxylic acids is 1. The number of ether oxygens (including phenoxy) is 1. The van der Waals surface area contributed by atoms with Gasteiger partial charge >= 0.3 is 12.1 Å². The Balaban J connectivity index is 1.40. The lowest BCUT2D eigenvalue weighted by molar-refractivity contribution is -0.151. The van der Waals surface area contributed by atoms with Crippen LogP contribution in [0.1, 0.15) is 90.4 Å². The van der Waals surface area contributed by atoms with E-state index >= 15 is 0 Å². The van der Waals surface area contributed by atoms with Crippen molar-refractivity contribution in [3.63, 3.8) is 0 Å². The third-order valence-electron chi connectivity index (χ3n) is 10.2. The van der Waals surface area contributed by atoms with E-state index < -0.39 is 29.0 Å². The van der Waals surface area contributed by atoms with Crippen molar-refractivity contribution in [3.8, 4) is 17.0 Å². The fourth-order valence-corrected chi connectivity index (χ4v) is 6.88. The molecule has 1 aliphatic rings. The van der Waals surface area contributed by atoms with E-state index in [-0.39, 0.29) is 18.3 Å². The lowest BCUT2D eigenvalue weighted by Crippen LogP contribution is -2.38. The van der Waals surface area contributed by atoms with Crippen LogP contribution in [-0.4, -0.2) is 36.8 Å². The van der Waals surface area contributed by atoms with E-state index in [1.807, 2.05) is 51.1 Å². The fourth-order valence-electron chi connectivity index (χ4n) is 6.88. The van der Waals surface area contributed by atoms with Crippen LogP contribution in [0.2, 0.25) is 0 Å². The van der Waals surface area contributed by atoms with Crippen molar-refractivity contribution < 1.29 is 32.6 Å². The Labute approximate surface area is 288 Å². The molecule has 8 nitrogen and oxygen atoms in total. The number of pyridine rings is 1. The molecule has 1 atom stereocenters. The van der Waals surface area contributed by atoms with Gasteiger partial charge in [0.05, 0.1) is 34.3 Å². The van der Waals surface area contributed by atoms with Crippen molar-refractivity contribution in [1.82, 2.24) is 19.9 Å². The first kappa shape index (κ1) is 34.8. The number of ketones is 1. The summed E-state index contributed by atoms with van der Waals surface area (Å²) in [7, 11) is 0. The zero-order valence-corrected chi connectivity index (χ0v) is 28.2. The van der Waals surface area contributed by atoms with Crippen molar-refractivity contribution in [2.75, 3.05) is 0 Å². The number of nitrogens with zero attached hydrogens (tertiary/aromatic N) is 3. The number of carbonyl (C=O) groups is 2. The highest BCUT2D eigenvalue weighted by atomic mass is 19.4. The lowest BCUT2D eigenvalue weighted by Gasteiger charge is -2.36. The van der Waals surface area contributed by atoms with E-state index in [0.717, 1.165) is 42.8 Å². The van der Waals surface area contributed by atoms with Crippen molar-refractivity contribution in [1.29, 1.82) is 0 Å². The molecule has 50 heavy (non-hydrogen) atoms. The zero-order chi connectivity index (χ0) is 35.6. The molecular weight excluding hydrogens is 645 g/mol. The SMILES string of the molecule is CCC(CC)(C(=O)O)C(Cc1ccc(-c2ccc(C(F)(F)F)cn2)cc1)c1[nH]c2ccc(OCc3cnc(C)cn3)cc2c1C(=O)C1CCC1. The molecule has 3 heterocycles. The van der Waals surface area contributed by atoms with Gasteiger partial charge in [0.1, 0.15) is 12.4 Å². The fraction of sp³-hybridized carbons (Fsp3) is 0.359. The normalized spacial score (nSPS) is 14.4. The second-order valence-electron chi connectivity index (χ2n) is 13.1. The number of H-pyrrole nitrogens is 1. The summed E-state index contributed by atoms with van der Waals surface area (Å²) in [5, 5.41) is 11.5. The van der Waals surface area contributed by atoms with Crippen LogP contribution in [0.3, 0.4) is 0 Å². The van der Waals surface area contributed by atoms with Crippen LogP contribution in [0, 0.1) is 18.3 Å². The number of hydrogen-bond acceptors (Lipinski definition) is 6. The summed E-state index contributed by atoms with van der Waals surface area (Å²) in [5.74, 6) is -1.14. The molecule has 2 aromatic carbocycles. The number of halogens is 3. The van der Waals surface area contributed by atoms with Crippen LogP contribution in [0.15, 0.2) is 73.2 Å². The molecule has 0 bridgehead atoms. The number of nitrogens with one attached hydrogen (secondary N) is 1. The standard InChI is InChI=1S/C39H39F3N4O4/c1-4-38(5-2,37(48)49)31(17-24-9-11-25(12-10-24)32-15-13-27(20-45-32)39(40,41)42)35-34(36(47)26-7-6-8-26)30-18-29(14-16-33(30)46-35)50-22-28-21-43-23(3)19-44-28/h9-16,18-21,26,31,46H,4-8,17,22H2,1-3H3,(H,48,49). The Kier molecular flexibility index (Phi) is 9.78. The van der Waals surface area contributed by atoms with Crippen LogP contribution in [-0.2, 0) is 24.0 Å². The monoisotopic (exact) mass is 684 g/mol. The number of aromatic nitrogens is 4. The minimum absolute atomic E-state index is 0.000674. The number of carboxylic acid groups (broad SMARTS) is 1. The van der Waals surface area contributed by atoms with Gasteiger partial charge in [-0.3, -0.25) is 24.5 Å². The molecule has 5 aromatic rings. The largest absolute Gasteiger partial charge is 0.487 e. The molecule has 0 radical (unpaired) electrons. The Morgan fingerprint density at radius 2 is 1.70 bits per heavy atom. The molecule has 0 saturated heterocycles. The maximum absolute atomic E-state index is 14.3. The second kappa shape index (κ2) is 14.0. The third-order valence-corrected chi connectivity index (χ3v) is 10.2. The average molecular weight is 685 g/mol. The Bertz CT molecular complexity index is 1980.